The van der Waals surface area contributed by atoms with E-state index in [1.807, 2.05) is 0 Å². The number of methoxy groups -OCH3 is 1. The van der Waals surface area contributed by atoms with Crippen LogP contribution in [0.4, 0.5) is 15.8 Å². The second-order valence-electron chi connectivity index (χ2n) is 5.18. The Kier molecular flexibility index (Phi) is 3.97. The van der Waals surface area contributed by atoms with Crippen molar-refractivity contribution in [2.24, 2.45) is 0 Å². The molecule has 1 atom stereocenters. The average Bonchev–Trinajstić information content (AvgIpc) is 2.81. The first-order valence-corrected chi connectivity index (χ1v) is 7.11. The second kappa shape index (κ2) is 6.08. The van der Waals surface area contributed by atoms with Crippen molar-refractivity contribution in [3.8, 4) is 5.75 Å². The van der Waals surface area contributed by atoms with E-state index >= 15 is 0 Å². The normalized spacial score (nSPS) is 17.5. The third-order valence-electron chi connectivity index (χ3n) is 3.62. The van der Waals surface area contributed by atoms with Gasteiger partial charge in [-0.2, -0.15) is 0 Å². The van der Waals surface area contributed by atoms with E-state index in [4.69, 9.17) is 4.74 Å². The van der Waals surface area contributed by atoms with Gasteiger partial charge in [-0.1, -0.05) is 12.1 Å². The Balaban J connectivity index is 1.81. The summed E-state index contributed by atoms with van der Waals surface area (Å²) < 4.78 is 18.5. The van der Waals surface area contributed by atoms with Crippen molar-refractivity contribution in [3.63, 3.8) is 0 Å². The molecule has 2 amide bonds. The fourth-order valence-electron chi connectivity index (χ4n) is 2.55. The molecule has 5 nitrogen and oxygen atoms in total. The summed E-state index contributed by atoms with van der Waals surface area (Å²) >= 11 is 0. The Labute approximate surface area is 132 Å². The molecule has 1 aliphatic heterocycles. The summed E-state index contributed by atoms with van der Waals surface area (Å²) in [6.45, 7) is 0. The van der Waals surface area contributed by atoms with Crippen molar-refractivity contribution >= 4 is 23.2 Å². The van der Waals surface area contributed by atoms with Crippen molar-refractivity contribution in [2.75, 3.05) is 17.3 Å². The number of hydrogen-bond acceptors (Lipinski definition) is 4. The number of imide groups is 1. The minimum atomic E-state index is -0.683. The Morgan fingerprint density at radius 3 is 2.70 bits per heavy atom. The molecular weight excluding hydrogens is 299 g/mol. The van der Waals surface area contributed by atoms with Crippen LogP contribution in [0, 0.1) is 5.82 Å². The molecule has 0 radical (unpaired) electrons. The maximum Gasteiger partial charge on any atom is 0.256 e. The van der Waals surface area contributed by atoms with Crippen LogP contribution >= 0.6 is 0 Å². The van der Waals surface area contributed by atoms with Crippen LogP contribution in [0.25, 0.3) is 0 Å². The highest BCUT2D eigenvalue weighted by molar-refractivity contribution is 6.23. The van der Waals surface area contributed by atoms with Crippen LogP contribution in [0.3, 0.4) is 0 Å². The smallest absolute Gasteiger partial charge is 0.256 e. The van der Waals surface area contributed by atoms with E-state index in [2.05, 4.69) is 5.32 Å². The van der Waals surface area contributed by atoms with Crippen LogP contribution in [-0.4, -0.2) is 25.0 Å². The van der Waals surface area contributed by atoms with Crippen LogP contribution < -0.4 is 15.0 Å². The zero-order valence-corrected chi connectivity index (χ0v) is 12.5. The first-order valence-electron chi connectivity index (χ1n) is 7.11. The predicted molar refractivity (Wildman–Crippen MR) is 83.9 cm³/mol. The minimum absolute atomic E-state index is 0.0204. The van der Waals surface area contributed by atoms with E-state index < -0.39 is 17.8 Å². The topological polar surface area (TPSA) is 58.6 Å². The standard InChI is InChI=1S/C17H15FN2O3/c1-23-14-7-3-5-12(9-14)19-15-10-16(21)20(17(15)22)13-6-2-4-11(18)8-13/h2-9,15,19H,10H2,1H3/t15-/m1/s1. The van der Waals surface area contributed by atoms with E-state index in [9.17, 15) is 14.0 Å². The monoisotopic (exact) mass is 314 g/mol. The third-order valence-corrected chi connectivity index (χ3v) is 3.62. The van der Waals surface area contributed by atoms with Gasteiger partial charge in [0.15, 0.2) is 0 Å². The van der Waals surface area contributed by atoms with Gasteiger partial charge in [-0.3, -0.25) is 9.59 Å². The number of ether oxygens (including phenoxy) is 1. The Bertz CT molecular complexity index is 763. The van der Waals surface area contributed by atoms with Crippen molar-refractivity contribution in [3.05, 3.63) is 54.3 Å². The molecule has 6 heteroatoms. The molecule has 2 aromatic carbocycles. The van der Waals surface area contributed by atoms with Crippen molar-refractivity contribution in [2.45, 2.75) is 12.5 Å². The lowest BCUT2D eigenvalue weighted by Crippen LogP contribution is -2.34. The Morgan fingerprint density at radius 2 is 1.96 bits per heavy atom. The lowest BCUT2D eigenvalue weighted by atomic mass is 10.2. The molecule has 118 valence electrons. The maximum atomic E-state index is 13.3. The van der Waals surface area contributed by atoms with Crippen molar-refractivity contribution in [1.82, 2.24) is 0 Å². The summed E-state index contributed by atoms with van der Waals surface area (Å²) in [5.74, 6) is -0.606. The molecule has 0 aromatic heterocycles. The molecule has 0 spiro atoms. The summed E-state index contributed by atoms with van der Waals surface area (Å²) in [5, 5.41) is 3.02. The van der Waals surface area contributed by atoms with E-state index in [0.29, 0.717) is 11.4 Å². The molecule has 0 aliphatic carbocycles. The van der Waals surface area contributed by atoms with Crippen LogP contribution in [0.15, 0.2) is 48.5 Å². The molecule has 0 unspecified atom stereocenters. The molecule has 0 bridgehead atoms. The predicted octanol–water partition coefficient (Wildman–Crippen LogP) is 2.58. The second-order valence-corrected chi connectivity index (χ2v) is 5.18. The molecule has 1 heterocycles. The summed E-state index contributed by atoms with van der Waals surface area (Å²) in [7, 11) is 1.55. The molecule has 23 heavy (non-hydrogen) atoms. The number of carbonyl (C=O) groups excluding carboxylic acids is 2. The van der Waals surface area contributed by atoms with Gasteiger partial charge < -0.3 is 10.1 Å². The number of hydrogen-bond donors (Lipinski definition) is 1. The fraction of sp³-hybridized carbons (Fsp3) is 0.176. The number of nitrogens with zero attached hydrogens (tertiary/aromatic N) is 1. The zero-order chi connectivity index (χ0) is 16.4. The van der Waals surface area contributed by atoms with Gasteiger partial charge in [-0.25, -0.2) is 9.29 Å². The highest BCUT2D eigenvalue weighted by atomic mass is 19.1. The van der Waals surface area contributed by atoms with Gasteiger partial charge >= 0.3 is 0 Å². The number of anilines is 2. The molecule has 1 fully saturated rings. The van der Waals surface area contributed by atoms with Gasteiger partial charge in [0.25, 0.3) is 5.91 Å². The number of halogens is 1. The minimum Gasteiger partial charge on any atom is -0.497 e. The van der Waals surface area contributed by atoms with Gasteiger partial charge in [0, 0.05) is 11.8 Å². The van der Waals surface area contributed by atoms with Crippen LogP contribution in [0.2, 0.25) is 0 Å². The maximum absolute atomic E-state index is 13.3. The lowest BCUT2D eigenvalue weighted by Gasteiger charge is -2.16. The molecular formula is C17H15FN2O3. The van der Waals surface area contributed by atoms with Crippen molar-refractivity contribution < 1.29 is 18.7 Å². The molecule has 1 N–H and O–H groups in total. The van der Waals surface area contributed by atoms with E-state index in [1.165, 1.54) is 24.3 Å². The first-order chi connectivity index (χ1) is 11.1. The highest BCUT2D eigenvalue weighted by Crippen LogP contribution is 2.26. The van der Waals surface area contributed by atoms with Gasteiger partial charge in [0.05, 0.1) is 19.2 Å². The van der Waals surface area contributed by atoms with E-state index in [-0.39, 0.29) is 18.0 Å². The van der Waals surface area contributed by atoms with Gasteiger partial charge in [0.2, 0.25) is 5.91 Å². The fourth-order valence-corrected chi connectivity index (χ4v) is 2.55. The van der Waals surface area contributed by atoms with Gasteiger partial charge in [-0.15, -0.1) is 0 Å². The Morgan fingerprint density at radius 1 is 1.17 bits per heavy atom. The van der Waals surface area contributed by atoms with E-state index in [0.717, 1.165) is 4.90 Å². The summed E-state index contributed by atoms with van der Waals surface area (Å²) in [4.78, 5) is 25.6. The number of benzene rings is 2. The summed E-state index contributed by atoms with van der Waals surface area (Å²) in [5.41, 5.74) is 0.923. The number of amides is 2. The van der Waals surface area contributed by atoms with Crippen LogP contribution in [0.5, 0.6) is 5.75 Å². The van der Waals surface area contributed by atoms with Crippen molar-refractivity contribution in [1.29, 1.82) is 0 Å². The average molecular weight is 314 g/mol. The molecule has 1 saturated heterocycles. The zero-order valence-electron chi connectivity index (χ0n) is 12.5. The number of rotatable bonds is 4. The van der Waals surface area contributed by atoms with Gasteiger partial charge in [-0.05, 0) is 30.3 Å². The number of carbonyl (C=O) groups is 2. The lowest BCUT2D eigenvalue weighted by molar-refractivity contribution is -0.121. The van der Waals surface area contributed by atoms with Gasteiger partial charge in [0.1, 0.15) is 17.6 Å². The van der Waals surface area contributed by atoms with Crippen LogP contribution in [-0.2, 0) is 9.59 Å². The quantitative estimate of drug-likeness (QED) is 0.881. The first kappa shape index (κ1) is 15.0. The largest absolute Gasteiger partial charge is 0.497 e. The molecule has 1 aliphatic rings. The summed E-state index contributed by atoms with van der Waals surface area (Å²) in [6, 6.07) is 11.8. The molecule has 3 rings (SSSR count). The van der Waals surface area contributed by atoms with Crippen LogP contribution in [0.1, 0.15) is 6.42 Å². The SMILES string of the molecule is COc1cccc(N[C@@H]2CC(=O)N(c3cccc(F)c3)C2=O)c1. The molecule has 0 saturated carbocycles. The third kappa shape index (κ3) is 3.01. The number of nitrogens with one attached hydrogen (secondary N) is 1. The summed E-state index contributed by atoms with van der Waals surface area (Å²) in [6.07, 6.45) is 0.0204. The molecule has 2 aromatic rings. The Hall–Kier alpha value is -2.89. The highest BCUT2D eigenvalue weighted by Gasteiger charge is 2.39. The van der Waals surface area contributed by atoms with E-state index in [1.54, 1.807) is 31.4 Å².